The predicted molar refractivity (Wildman–Crippen MR) is 166 cm³/mol. The fourth-order valence-electron chi connectivity index (χ4n) is 6.58. The van der Waals surface area contributed by atoms with Gasteiger partial charge in [0.1, 0.15) is 5.69 Å². The Labute approximate surface area is 251 Å². The van der Waals surface area contributed by atoms with E-state index in [0.29, 0.717) is 31.7 Å². The molecule has 0 saturated carbocycles. The Morgan fingerprint density at radius 3 is 2.48 bits per heavy atom. The number of nitrogens with zero attached hydrogens (tertiary/aromatic N) is 3. The first-order chi connectivity index (χ1) is 20.4. The van der Waals surface area contributed by atoms with E-state index in [1.54, 1.807) is 6.20 Å². The number of benzene rings is 2. The van der Waals surface area contributed by atoms with Crippen LogP contribution in [0.15, 0.2) is 79.0 Å². The summed E-state index contributed by atoms with van der Waals surface area (Å²) in [5.41, 5.74) is 3.33. The minimum atomic E-state index is -0.581. The van der Waals surface area contributed by atoms with E-state index in [9.17, 15) is 4.79 Å². The Bertz CT molecular complexity index is 1280. The monoisotopic (exact) mass is 570 g/mol. The molecule has 2 aromatic carbocycles. The fraction of sp³-hybridized carbons (Fsp3) is 0.486. The van der Waals surface area contributed by atoms with Gasteiger partial charge in [-0.1, -0.05) is 60.7 Å². The van der Waals surface area contributed by atoms with Crippen LogP contribution in [0.3, 0.4) is 0 Å². The largest absolute Gasteiger partial charge is 0.375 e. The molecule has 0 bridgehead atoms. The molecule has 1 N–H and O–H groups in total. The van der Waals surface area contributed by atoms with Crippen molar-refractivity contribution in [3.63, 3.8) is 0 Å². The molecule has 1 aromatic heterocycles. The molecule has 3 heterocycles. The Balaban J connectivity index is 1.21. The van der Waals surface area contributed by atoms with Gasteiger partial charge in [0.15, 0.2) is 0 Å². The number of ketones is 1. The van der Waals surface area contributed by atoms with Gasteiger partial charge in [-0.2, -0.15) is 0 Å². The molecule has 2 aliphatic rings. The molecule has 0 spiro atoms. The van der Waals surface area contributed by atoms with Gasteiger partial charge in [0, 0.05) is 51.9 Å². The number of Topliss-reactive ketones (excluding diaryl/α,β-unsaturated/α-hetero) is 1. The van der Waals surface area contributed by atoms with Crippen LogP contribution in [0.1, 0.15) is 66.4 Å². The molecule has 0 radical (unpaired) electrons. The van der Waals surface area contributed by atoms with Gasteiger partial charge in [0.2, 0.25) is 5.78 Å². The Morgan fingerprint density at radius 1 is 1.00 bits per heavy atom. The molecule has 224 valence electrons. The van der Waals surface area contributed by atoms with E-state index in [2.05, 4.69) is 82.5 Å². The smallest absolute Gasteiger partial charge is 0.201 e. The average molecular weight is 571 g/mol. The zero-order chi connectivity index (χ0) is 29.4. The van der Waals surface area contributed by atoms with Crippen molar-refractivity contribution in [1.29, 1.82) is 0 Å². The highest BCUT2D eigenvalue weighted by atomic mass is 16.5. The second kappa shape index (κ2) is 14.0. The van der Waals surface area contributed by atoms with Gasteiger partial charge in [-0.3, -0.25) is 19.6 Å². The summed E-state index contributed by atoms with van der Waals surface area (Å²) < 4.78 is 12.5. The third kappa shape index (κ3) is 7.52. The lowest BCUT2D eigenvalue weighted by molar-refractivity contribution is -0.113. The van der Waals surface area contributed by atoms with Crippen LogP contribution >= 0.6 is 0 Å². The van der Waals surface area contributed by atoms with E-state index in [-0.39, 0.29) is 17.5 Å². The number of ether oxygens (including phenoxy) is 2. The van der Waals surface area contributed by atoms with Crippen LogP contribution in [0.2, 0.25) is 0 Å². The van der Waals surface area contributed by atoms with Gasteiger partial charge >= 0.3 is 0 Å². The predicted octanol–water partition coefficient (Wildman–Crippen LogP) is 5.28. The van der Waals surface area contributed by atoms with Crippen molar-refractivity contribution in [2.75, 3.05) is 46.4 Å². The summed E-state index contributed by atoms with van der Waals surface area (Å²) in [5.74, 6) is 0.129. The second-order valence-electron chi connectivity index (χ2n) is 12.3. The van der Waals surface area contributed by atoms with Gasteiger partial charge < -0.3 is 14.8 Å². The molecule has 7 heteroatoms. The van der Waals surface area contributed by atoms with E-state index in [0.717, 1.165) is 45.7 Å². The van der Waals surface area contributed by atoms with Gasteiger partial charge in [-0.05, 0) is 69.1 Å². The highest BCUT2D eigenvalue weighted by Gasteiger charge is 2.51. The van der Waals surface area contributed by atoms with Crippen molar-refractivity contribution in [1.82, 2.24) is 20.1 Å². The number of pyridine rings is 1. The van der Waals surface area contributed by atoms with Crippen LogP contribution in [-0.4, -0.2) is 78.1 Å². The van der Waals surface area contributed by atoms with Gasteiger partial charge in [-0.25, -0.2) is 0 Å². The van der Waals surface area contributed by atoms with Crippen molar-refractivity contribution in [2.24, 2.45) is 0 Å². The third-order valence-electron chi connectivity index (χ3n) is 8.70. The van der Waals surface area contributed by atoms with Gasteiger partial charge in [-0.15, -0.1) is 0 Å². The molecule has 2 saturated heterocycles. The summed E-state index contributed by atoms with van der Waals surface area (Å²) in [5, 5.41) is 3.25. The third-order valence-corrected chi connectivity index (χ3v) is 8.70. The molecule has 1 unspecified atom stereocenters. The van der Waals surface area contributed by atoms with Crippen molar-refractivity contribution in [2.45, 2.75) is 63.5 Å². The first-order valence-electron chi connectivity index (χ1n) is 15.3. The van der Waals surface area contributed by atoms with E-state index in [4.69, 9.17) is 9.47 Å². The van der Waals surface area contributed by atoms with E-state index < -0.39 is 5.54 Å². The van der Waals surface area contributed by atoms with Crippen molar-refractivity contribution in [3.05, 3.63) is 101 Å². The van der Waals surface area contributed by atoms with Crippen LogP contribution in [0, 0.1) is 0 Å². The van der Waals surface area contributed by atoms with E-state index in [1.165, 1.54) is 16.7 Å². The Hall–Kier alpha value is -2.94. The summed E-state index contributed by atoms with van der Waals surface area (Å²) in [7, 11) is 1.98. The number of nitrogens with one attached hydrogen (secondary N) is 1. The first kappa shape index (κ1) is 30.5. The number of hydrogen-bond acceptors (Lipinski definition) is 7. The molecule has 0 aliphatic carbocycles. The average Bonchev–Trinajstić information content (AvgIpc) is 3.01. The molecule has 2 fully saturated rings. The van der Waals surface area contributed by atoms with Crippen LogP contribution < -0.4 is 5.32 Å². The van der Waals surface area contributed by atoms with Crippen LogP contribution in [0.4, 0.5) is 0 Å². The highest BCUT2D eigenvalue weighted by molar-refractivity contribution is 6.02. The molecule has 2 aliphatic heterocycles. The minimum absolute atomic E-state index is 0.0617. The maximum absolute atomic E-state index is 14.0. The van der Waals surface area contributed by atoms with Crippen LogP contribution in [0.25, 0.3) is 0 Å². The molecular weight excluding hydrogens is 524 g/mol. The molecule has 3 aromatic rings. The van der Waals surface area contributed by atoms with Crippen LogP contribution in [-0.2, 0) is 22.6 Å². The SMILES string of the molecule is CNCCC(OCc1cccc(CN2CCN([C@@]3(C(=O)c4ccccn4)CCOC(C)(C)C3)CC2)c1)c1ccccc1. The highest BCUT2D eigenvalue weighted by Crippen LogP contribution is 2.39. The molecule has 0 amide bonds. The number of piperazine rings is 1. The summed E-state index contributed by atoms with van der Waals surface area (Å²) in [6, 6.07) is 24.9. The lowest BCUT2D eigenvalue weighted by Crippen LogP contribution is -2.65. The van der Waals surface area contributed by atoms with Gasteiger partial charge in [0.05, 0.1) is 23.9 Å². The van der Waals surface area contributed by atoms with Crippen LogP contribution in [0.5, 0.6) is 0 Å². The topological polar surface area (TPSA) is 66.9 Å². The maximum atomic E-state index is 14.0. The number of hydrogen-bond donors (Lipinski definition) is 1. The van der Waals surface area contributed by atoms with Gasteiger partial charge in [0.25, 0.3) is 0 Å². The summed E-state index contributed by atoms with van der Waals surface area (Å²) in [4.78, 5) is 23.3. The maximum Gasteiger partial charge on any atom is 0.201 e. The zero-order valence-electron chi connectivity index (χ0n) is 25.4. The number of carbonyl (C=O) groups excluding carboxylic acids is 1. The lowest BCUT2D eigenvalue weighted by Gasteiger charge is -2.52. The Morgan fingerprint density at radius 2 is 1.76 bits per heavy atom. The number of aromatic nitrogens is 1. The molecular formula is C35H46N4O3. The van der Waals surface area contributed by atoms with Crippen molar-refractivity contribution in [3.8, 4) is 0 Å². The van der Waals surface area contributed by atoms with E-state index >= 15 is 0 Å². The summed E-state index contributed by atoms with van der Waals surface area (Å²) >= 11 is 0. The molecule has 42 heavy (non-hydrogen) atoms. The minimum Gasteiger partial charge on any atom is -0.375 e. The quantitative estimate of drug-likeness (QED) is 0.297. The fourth-order valence-corrected chi connectivity index (χ4v) is 6.58. The lowest BCUT2D eigenvalue weighted by atomic mass is 9.75. The van der Waals surface area contributed by atoms with Crippen molar-refractivity contribution < 1.29 is 14.3 Å². The number of rotatable bonds is 12. The molecule has 5 rings (SSSR count). The molecule has 2 atom stereocenters. The molecule has 7 nitrogen and oxygen atoms in total. The first-order valence-corrected chi connectivity index (χ1v) is 15.3. The Kier molecular flexibility index (Phi) is 10.2. The summed E-state index contributed by atoms with van der Waals surface area (Å²) in [6.45, 7) is 10.7. The standard InChI is InChI=1S/C35H46N4O3/c1-34(2)27-35(16-23-42-34,33(40)31-14-7-8-17-37-31)39-21-19-38(20-22-39)25-28-10-9-11-29(24-28)26-41-32(15-18-36-3)30-12-5-4-6-13-30/h4-14,17,24,32,36H,15-16,18-23,25-27H2,1-3H3/t32?,35-/m0/s1. The normalized spacial score (nSPS) is 22.1. The zero-order valence-corrected chi connectivity index (χ0v) is 25.4. The second-order valence-corrected chi connectivity index (χ2v) is 12.3. The van der Waals surface area contributed by atoms with Crippen molar-refractivity contribution >= 4 is 5.78 Å². The number of carbonyl (C=O) groups is 1. The summed E-state index contributed by atoms with van der Waals surface area (Å²) in [6.07, 6.45) is 4.08. The van der Waals surface area contributed by atoms with E-state index in [1.807, 2.05) is 31.3 Å².